The van der Waals surface area contributed by atoms with E-state index in [0.717, 1.165) is 25.7 Å². The van der Waals surface area contributed by atoms with Crippen LogP contribution in [0.2, 0.25) is 0 Å². The summed E-state index contributed by atoms with van der Waals surface area (Å²) in [4.78, 5) is 14.4. The molecule has 16 heavy (non-hydrogen) atoms. The predicted molar refractivity (Wildman–Crippen MR) is 60.9 cm³/mol. The molecule has 1 saturated carbocycles. The van der Waals surface area contributed by atoms with E-state index < -0.39 is 0 Å². The molecular weight excluding hydrogens is 206 g/mol. The minimum atomic E-state index is -0.366. The van der Waals surface area contributed by atoms with Gasteiger partial charge in [-0.25, -0.2) is 4.99 Å². The van der Waals surface area contributed by atoms with Gasteiger partial charge in [-0.3, -0.25) is 4.79 Å². The van der Waals surface area contributed by atoms with Gasteiger partial charge in [-0.1, -0.05) is 12.8 Å². The molecule has 0 aromatic heterocycles. The minimum Gasteiger partial charge on any atom is -0.464 e. The van der Waals surface area contributed by atoms with Crippen LogP contribution < -0.4 is 5.73 Å². The number of carbonyl (C=O) groups is 1. The quantitative estimate of drug-likeness (QED) is 0.540. The summed E-state index contributed by atoms with van der Waals surface area (Å²) in [5.41, 5.74) is 6.52. The number of aldehydes is 1. The third kappa shape index (κ3) is 2.14. The van der Waals surface area contributed by atoms with Gasteiger partial charge in [0.25, 0.3) is 5.90 Å². The molecule has 1 aliphatic heterocycles. The van der Waals surface area contributed by atoms with Crippen molar-refractivity contribution in [3.8, 4) is 0 Å². The number of hydrogen-bond donors (Lipinski definition) is 2. The number of nitrogens with zero attached hydrogens (tertiary/aromatic N) is 1. The van der Waals surface area contributed by atoms with Crippen LogP contribution in [0, 0.1) is 11.3 Å². The highest BCUT2D eigenvalue weighted by Crippen LogP contribution is 2.26. The molecule has 0 saturated heterocycles. The van der Waals surface area contributed by atoms with Gasteiger partial charge in [-0.05, 0) is 12.8 Å². The summed E-state index contributed by atoms with van der Waals surface area (Å²) in [7, 11) is 0. The first-order valence-corrected chi connectivity index (χ1v) is 5.72. The fourth-order valence-electron chi connectivity index (χ4n) is 2.40. The van der Waals surface area contributed by atoms with Crippen molar-refractivity contribution in [3.05, 3.63) is 0 Å². The Bertz CT molecular complexity index is 327. The van der Waals surface area contributed by atoms with E-state index in [1.165, 1.54) is 0 Å². The zero-order valence-electron chi connectivity index (χ0n) is 9.19. The van der Waals surface area contributed by atoms with Crippen LogP contribution >= 0.6 is 0 Å². The number of aliphatic imine (C=N–C) groups is 1. The Balaban J connectivity index is 1.95. The Kier molecular flexibility index (Phi) is 3.33. The van der Waals surface area contributed by atoms with Crippen molar-refractivity contribution in [1.82, 2.24) is 0 Å². The smallest absolute Gasteiger partial charge is 0.250 e. The van der Waals surface area contributed by atoms with Gasteiger partial charge >= 0.3 is 0 Å². The summed E-state index contributed by atoms with van der Waals surface area (Å²) in [6.45, 7) is 0.385. The summed E-state index contributed by atoms with van der Waals surface area (Å²) < 4.78 is 5.28. The third-order valence-electron chi connectivity index (χ3n) is 3.34. The molecule has 0 radical (unpaired) electrons. The molecule has 5 nitrogen and oxygen atoms in total. The average molecular weight is 223 g/mol. The van der Waals surface area contributed by atoms with E-state index in [1.54, 1.807) is 0 Å². The fraction of sp³-hybridized carbons (Fsp3) is 0.727. The molecular formula is C11H17N3O2. The van der Waals surface area contributed by atoms with Crippen molar-refractivity contribution < 1.29 is 9.53 Å². The van der Waals surface area contributed by atoms with Gasteiger partial charge in [-0.2, -0.15) is 0 Å². The van der Waals surface area contributed by atoms with Crippen molar-refractivity contribution in [1.29, 1.82) is 5.41 Å². The topological polar surface area (TPSA) is 88.5 Å². The predicted octanol–water partition coefficient (Wildman–Crippen LogP) is 0.520. The maximum Gasteiger partial charge on any atom is 0.250 e. The van der Waals surface area contributed by atoms with Gasteiger partial charge < -0.3 is 15.9 Å². The summed E-state index contributed by atoms with van der Waals surface area (Å²) in [6, 6.07) is 0.0603. The second-order valence-electron chi connectivity index (χ2n) is 4.41. The molecule has 88 valence electrons. The van der Waals surface area contributed by atoms with E-state index in [4.69, 9.17) is 15.9 Å². The summed E-state index contributed by atoms with van der Waals surface area (Å²) in [5.74, 6) is 0.207. The monoisotopic (exact) mass is 223 g/mol. The maximum absolute atomic E-state index is 10.5. The maximum atomic E-state index is 10.5. The molecule has 0 bridgehead atoms. The normalized spacial score (nSPS) is 34.1. The first-order valence-electron chi connectivity index (χ1n) is 5.72. The molecule has 0 aromatic carbocycles. The molecule has 5 heteroatoms. The average Bonchev–Trinajstić information content (AvgIpc) is 2.77. The van der Waals surface area contributed by atoms with Crippen molar-refractivity contribution >= 4 is 17.9 Å². The molecule has 2 aliphatic rings. The molecule has 1 aliphatic carbocycles. The molecule has 2 rings (SSSR count). The van der Waals surface area contributed by atoms with Gasteiger partial charge in [0.2, 0.25) is 6.29 Å². The molecule has 0 aromatic rings. The minimum absolute atomic E-state index is 0.0603. The SMILES string of the molecule is N=C(C1CN=C(C=O)O1)C1CCCCC1N. The van der Waals surface area contributed by atoms with E-state index in [2.05, 4.69) is 4.99 Å². The molecule has 3 atom stereocenters. The van der Waals surface area contributed by atoms with E-state index in [-0.39, 0.29) is 24.0 Å². The molecule has 3 unspecified atom stereocenters. The van der Waals surface area contributed by atoms with Crippen LogP contribution in [0.5, 0.6) is 0 Å². The molecule has 3 N–H and O–H groups in total. The lowest BCUT2D eigenvalue weighted by molar-refractivity contribution is -0.103. The zero-order chi connectivity index (χ0) is 11.5. The van der Waals surface area contributed by atoms with Crippen LogP contribution in [0.15, 0.2) is 4.99 Å². The summed E-state index contributed by atoms with van der Waals surface area (Å²) >= 11 is 0. The lowest BCUT2D eigenvalue weighted by Crippen LogP contribution is -2.43. The van der Waals surface area contributed by atoms with E-state index >= 15 is 0 Å². The Morgan fingerprint density at radius 1 is 1.50 bits per heavy atom. The van der Waals surface area contributed by atoms with Crippen LogP contribution in [0.25, 0.3) is 0 Å². The standard InChI is InChI=1S/C11H17N3O2/c12-8-4-2-1-3-7(8)11(13)9-5-14-10(6-15)16-9/h6-9,13H,1-5,12H2. The van der Waals surface area contributed by atoms with Gasteiger partial charge in [-0.15, -0.1) is 0 Å². The van der Waals surface area contributed by atoms with Crippen molar-refractivity contribution in [3.63, 3.8) is 0 Å². The van der Waals surface area contributed by atoms with Crippen LogP contribution in [0.1, 0.15) is 25.7 Å². The van der Waals surface area contributed by atoms with Crippen molar-refractivity contribution in [2.24, 2.45) is 16.6 Å². The van der Waals surface area contributed by atoms with E-state index in [0.29, 0.717) is 18.5 Å². The molecule has 1 fully saturated rings. The lowest BCUT2D eigenvalue weighted by Gasteiger charge is -2.30. The summed E-state index contributed by atoms with van der Waals surface area (Å²) in [6.07, 6.45) is 4.42. The van der Waals surface area contributed by atoms with Gasteiger partial charge in [0.05, 0.1) is 12.3 Å². The van der Waals surface area contributed by atoms with Crippen LogP contribution in [0.3, 0.4) is 0 Å². The highest BCUT2D eigenvalue weighted by Gasteiger charge is 2.33. The number of carbonyl (C=O) groups excluding carboxylic acids is 1. The first kappa shape index (κ1) is 11.3. The van der Waals surface area contributed by atoms with E-state index in [1.807, 2.05) is 0 Å². The van der Waals surface area contributed by atoms with Gasteiger partial charge in [0.1, 0.15) is 0 Å². The van der Waals surface area contributed by atoms with Gasteiger partial charge in [0, 0.05) is 12.0 Å². The highest BCUT2D eigenvalue weighted by molar-refractivity contribution is 6.25. The van der Waals surface area contributed by atoms with Crippen LogP contribution in [-0.2, 0) is 9.53 Å². The number of rotatable bonds is 3. The molecule has 0 spiro atoms. The third-order valence-corrected chi connectivity index (χ3v) is 3.34. The first-order chi connectivity index (χ1) is 7.72. The molecule has 1 heterocycles. The fourth-order valence-corrected chi connectivity index (χ4v) is 2.40. The van der Waals surface area contributed by atoms with Gasteiger partial charge in [0.15, 0.2) is 6.10 Å². The van der Waals surface area contributed by atoms with E-state index in [9.17, 15) is 4.79 Å². The second kappa shape index (κ2) is 4.74. The van der Waals surface area contributed by atoms with Crippen LogP contribution in [0.4, 0.5) is 0 Å². The Labute approximate surface area is 94.6 Å². The number of nitrogens with two attached hydrogens (primary N) is 1. The molecule has 0 amide bonds. The van der Waals surface area contributed by atoms with Crippen LogP contribution in [-0.4, -0.2) is 36.6 Å². The lowest BCUT2D eigenvalue weighted by atomic mass is 9.80. The zero-order valence-corrected chi connectivity index (χ0v) is 9.19. The number of hydrogen-bond acceptors (Lipinski definition) is 5. The second-order valence-corrected chi connectivity index (χ2v) is 4.41. The Morgan fingerprint density at radius 3 is 2.88 bits per heavy atom. The largest absolute Gasteiger partial charge is 0.464 e. The Hall–Kier alpha value is -1.23. The Morgan fingerprint density at radius 2 is 2.25 bits per heavy atom. The number of nitrogens with one attached hydrogen (secondary N) is 1. The summed E-state index contributed by atoms with van der Waals surface area (Å²) in [5, 5.41) is 8.08. The number of ether oxygens (including phenoxy) is 1. The highest BCUT2D eigenvalue weighted by atomic mass is 16.5. The van der Waals surface area contributed by atoms with Crippen molar-refractivity contribution in [2.75, 3.05) is 6.54 Å². The van der Waals surface area contributed by atoms with Crippen molar-refractivity contribution in [2.45, 2.75) is 37.8 Å².